The second-order valence-electron chi connectivity index (χ2n) is 2.13. The third-order valence-electron chi connectivity index (χ3n) is 0.679. The maximum absolute atomic E-state index is 3.50. The molecule has 0 aliphatic heterocycles. The fourth-order valence-corrected chi connectivity index (χ4v) is 4.50. The Morgan fingerprint density at radius 3 is 1.50 bits per heavy atom. The van der Waals surface area contributed by atoms with E-state index in [9.17, 15) is 0 Å². The molecule has 0 saturated heterocycles. The van der Waals surface area contributed by atoms with Gasteiger partial charge in [0.15, 0.2) is 0 Å². The van der Waals surface area contributed by atoms with Crippen LogP contribution in [0.2, 0.25) is 0 Å². The van der Waals surface area contributed by atoms with Crippen LogP contribution in [0.4, 0.5) is 0 Å². The summed E-state index contributed by atoms with van der Waals surface area (Å²) in [6.07, 6.45) is 0. The van der Waals surface area contributed by atoms with Gasteiger partial charge in [-0.25, -0.2) is 0 Å². The van der Waals surface area contributed by atoms with E-state index in [0.717, 1.165) is 0 Å². The van der Waals surface area contributed by atoms with Gasteiger partial charge in [0.2, 0.25) is 0 Å². The summed E-state index contributed by atoms with van der Waals surface area (Å²) in [4.78, 5) is 1.27. The molecule has 2 atom stereocenters. The normalized spacial score (nSPS) is 16.8. The van der Waals surface area contributed by atoms with Crippen LogP contribution in [-0.2, 0) is 0 Å². The van der Waals surface area contributed by atoms with Gasteiger partial charge in [-0.1, -0.05) is 67.3 Å². The lowest BCUT2D eigenvalue weighted by Gasteiger charge is -2.03. The summed E-state index contributed by atoms with van der Waals surface area (Å²) in [6.45, 7) is 4.34. The van der Waals surface area contributed by atoms with Crippen LogP contribution < -0.4 is 0 Å². The smallest absolute Gasteiger partial charge is 0.0216 e. The standard InChI is InChI=1S/C6H12Br2S2/c1-5(7)3-9-10-4-6(2)8/h5-6H,3-4H2,1-2H3. The van der Waals surface area contributed by atoms with E-state index in [1.807, 2.05) is 21.6 Å². The first-order chi connectivity index (χ1) is 4.63. The first-order valence-electron chi connectivity index (χ1n) is 3.15. The molecule has 0 fully saturated rings. The predicted octanol–water partition coefficient (Wildman–Crippen LogP) is 3.93. The van der Waals surface area contributed by atoms with E-state index in [-0.39, 0.29) is 0 Å². The Balaban J connectivity index is 2.91. The Kier molecular flexibility index (Phi) is 8.53. The van der Waals surface area contributed by atoms with Gasteiger partial charge in [0.25, 0.3) is 0 Å². The molecule has 4 heteroatoms. The van der Waals surface area contributed by atoms with Gasteiger partial charge in [0.05, 0.1) is 0 Å². The van der Waals surface area contributed by atoms with Crippen molar-refractivity contribution in [1.82, 2.24) is 0 Å². The highest BCUT2D eigenvalue weighted by atomic mass is 79.9. The summed E-state index contributed by atoms with van der Waals surface area (Å²) < 4.78 is 0. The van der Waals surface area contributed by atoms with E-state index in [2.05, 4.69) is 45.7 Å². The molecule has 0 N–H and O–H groups in total. The van der Waals surface area contributed by atoms with Crippen molar-refractivity contribution >= 4 is 53.4 Å². The van der Waals surface area contributed by atoms with E-state index in [4.69, 9.17) is 0 Å². The first-order valence-corrected chi connectivity index (χ1v) is 7.47. The van der Waals surface area contributed by atoms with E-state index >= 15 is 0 Å². The van der Waals surface area contributed by atoms with Crippen LogP contribution in [-0.4, -0.2) is 21.2 Å². The molecule has 0 rings (SSSR count). The molecule has 0 spiro atoms. The molecule has 0 aliphatic carbocycles. The summed E-state index contributed by atoms with van der Waals surface area (Å²) >= 11 is 6.99. The first kappa shape index (κ1) is 11.7. The molecule has 62 valence electrons. The zero-order valence-corrected chi connectivity index (χ0v) is 10.9. The fourth-order valence-electron chi connectivity index (χ4n) is 0.284. The molecule has 0 amide bonds. The van der Waals surface area contributed by atoms with Crippen LogP contribution in [0.25, 0.3) is 0 Å². The van der Waals surface area contributed by atoms with E-state index in [1.54, 1.807) is 0 Å². The maximum atomic E-state index is 3.50. The highest BCUT2D eigenvalue weighted by Gasteiger charge is 1.98. The predicted molar refractivity (Wildman–Crippen MR) is 61.7 cm³/mol. The van der Waals surface area contributed by atoms with Crippen molar-refractivity contribution in [3.63, 3.8) is 0 Å². The Bertz CT molecular complexity index is 66.1. The molecule has 0 heterocycles. The average Bonchev–Trinajstić information content (AvgIpc) is 1.79. The molecule has 0 aromatic rings. The molecular formula is C6H12Br2S2. The van der Waals surface area contributed by atoms with Crippen LogP contribution in [0.1, 0.15) is 13.8 Å². The number of hydrogen-bond donors (Lipinski definition) is 0. The molecule has 0 aromatic heterocycles. The van der Waals surface area contributed by atoms with Crippen molar-refractivity contribution in [2.45, 2.75) is 23.5 Å². The number of halogens is 2. The summed E-state index contributed by atoms with van der Waals surface area (Å²) in [7, 11) is 3.86. The number of alkyl halides is 2. The monoisotopic (exact) mass is 306 g/mol. The number of hydrogen-bond acceptors (Lipinski definition) is 2. The van der Waals surface area contributed by atoms with E-state index in [1.165, 1.54) is 11.5 Å². The second-order valence-corrected chi connectivity index (χ2v) is 7.81. The molecule has 0 bridgehead atoms. The van der Waals surface area contributed by atoms with Gasteiger partial charge >= 0.3 is 0 Å². The molecular weight excluding hydrogens is 296 g/mol. The summed E-state index contributed by atoms with van der Waals surface area (Å²) in [5, 5.41) is 0. The van der Waals surface area contributed by atoms with E-state index < -0.39 is 0 Å². The SMILES string of the molecule is CC(Br)CSSCC(C)Br. The van der Waals surface area contributed by atoms with Crippen LogP contribution >= 0.6 is 53.4 Å². The Labute approximate surface area is 87.9 Å². The average molecular weight is 308 g/mol. The quantitative estimate of drug-likeness (QED) is 0.429. The Morgan fingerprint density at radius 2 is 1.30 bits per heavy atom. The highest BCUT2D eigenvalue weighted by Crippen LogP contribution is 2.25. The van der Waals surface area contributed by atoms with Gasteiger partial charge < -0.3 is 0 Å². The van der Waals surface area contributed by atoms with Gasteiger partial charge in [-0.3, -0.25) is 0 Å². The van der Waals surface area contributed by atoms with Crippen molar-refractivity contribution in [3.8, 4) is 0 Å². The van der Waals surface area contributed by atoms with Crippen molar-refractivity contribution < 1.29 is 0 Å². The Hall–Kier alpha value is 1.66. The van der Waals surface area contributed by atoms with Crippen molar-refractivity contribution in [1.29, 1.82) is 0 Å². The lowest BCUT2D eigenvalue weighted by atomic mass is 10.6. The van der Waals surface area contributed by atoms with Crippen molar-refractivity contribution in [2.75, 3.05) is 11.5 Å². The molecule has 10 heavy (non-hydrogen) atoms. The molecule has 0 radical (unpaired) electrons. The molecule has 0 aliphatic rings. The van der Waals surface area contributed by atoms with Gasteiger partial charge in [-0.2, -0.15) is 0 Å². The van der Waals surface area contributed by atoms with Gasteiger partial charge in [-0.05, 0) is 0 Å². The van der Waals surface area contributed by atoms with E-state index in [0.29, 0.717) is 9.65 Å². The van der Waals surface area contributed by atoms with Crippen LogP contribution in [0.15, 0.2) is 0 Å². The summed E-state index contributed by atoms with van der Waals surface area (Å²) in [6, 6.07) is 0. The van der Waals surface area contributed by atoms with Gasteiger partial charge in [0, 0.05) is 21.2 Å². The van der Waals surface area contributed by atoms with Crippen molar-refractivity contribution in [3.05, 3.63) is 0 Å². The van der Waals surface area contributed by atoms with Crippen LogP contribution in [0.3, 0.4) is 0 Å². The van der Waals surface area contributed by atoms with Gasteiger partial charge in [-0.15, -0.1) is 0 Å². The van der Waals surface area contributed by atoms with Crippen molar-refractivity contribution in [2.24, 2.45) is 0 Å². The fraction of sp³-hybridized carbons (Fsp3) is 1.00. The zero-order valence-electron chi connectivity index (χ0n) is 6.14. The van der Waals surface area contributed by atoms with Crippen LogP contribution in [0, 0.1) is 0 Å². The zero-order chi connectivity index (χ0) is 7.98. The molecule has 2 unspecified atom stereocenters. The minimum Gasteiger partial charge on any atom is -0.0930 e. The molecule has 0 aromatic carbocycles. The maximum Gasteiger partial charge on any atom is 0.0216 e. The van der Waals surface area contributed by atoms with Crippen LogP contribution in [0.5, 0.6) is 0 Å². The largest absolute Gasteiger partial charge is 0.0930 e. The molecule has 0 saturated carbocycles. The third kappa shape index (κ3) is 9.66. The summed E-state index contributed by atoms with van der Waals surface area (Å²) in [5.41, 5.74) is 0. The summed E-state index contributed by atoms with van der Waals surface area (Å²) in [5.74, 6) is 2.37. The lowest BCUT2D eigenvalue weighted by Crippen LogP contribution is -1.94. The van der Waals surface area contributed by atoms with Gasteiger partial charge in [0.1, 0.15) is 0 Å². The third-order valence-corrected chi connectivity index (χ3v) is 4.94. The second kappa shape index (κ2) is 7.32. The minimum atomic E-state index is 0.635. The topological polar surface area (TPSA) is 0 Å². The lowest BCUT2D eigenvalue weighted by molar-refractivity contribution is 1.15. The minimum absolute atomic E-state index is 0.635. The highest BCUT2D eigenvalue weighted by molar-refractivity contribution is 9.10. The Morgan fingerprint density at radius 1 is 1.00 bits per heavy atom. The molecule has 0 nitrogen and oxygen atoms in total. The number of rotatable bonds is 5.